The van der Waals surface area contributed by atoms with Crippen LogP contribution in [0.1, 0.15) is 22.8 Å². The number of nitrogens with one attached hydrogen (secondary N) is 3. The van der Waals surface area contributed by atoms with Crippen LogP contribution in [0, 0.1) is 0 Å². The van der Waals surface area contributed by atoms with E-state index in [0.29, 0.717) is 11.3 Å². The number of carbonyl (C=O) groups is 2. The van der Waals surface area contributed by atoms with Crippen LogP contribution in [-0.4, -0.2) is 18.0 Å². The summed E-state index contributed by atoms with van der Waals surface area (Å²) in [4.78, 5) is 28.5. The van der Waals surface area contributed by atoms with Crippen molar-refractivity contribution in [3.8, 4) is 0 Å². The summed E-state index contributed by atoms with van der Waals surface area (Å²) in [6, 6.07) is 27.5. The molecule has 1 amide bonds. The van der Waals surface area contributed by atoms with Crippen molar-refractivity contribution in [3.63, 3.8) is 0 Å². The van der Waals surface area contributed by atoms with Crippen molar-refractivity contribution >= 4 is 23.7 Å². The first-order chi connectivity index (χ1) is 16.0. The normalized spacial score (nSPS) is 10.6. The molecule has 34 heavy (non-hydrogen) atoms. The summed E-state index contributed by atoms with van der Waals surface area (Å²) in [6.45, 7) is 5.70. The van der Waals surface area contributed by atoms with Gasteiger partial charge in [-0.2, -0.15) is 5.70 Å². The number of carbonyl (C=O) groups excluding carboxylic acids is 2. The van der Waals surface area contributed by atoms with E-state index in [-0.39, 0.29) is 33.7 Å². The van der Waals surface area contributed by atoms with E-state index in [9.17, 15) is 9.59 Å². The van der Waals surface area contributed by atoms with Gasteiger partial charge in [-0.1, -0.05) is 92.4 Å². The van der Waals surface area contributed by atoms with Crippen molar-refractivity contribution in [3.05, 3.63) is 132 Å². The van der Waals surface area contributed by atoms with Gasteiger partial charge in [-0.25, -0.2) is 4.99 Å². The molecule has 0 heterocycles. The van der Waals surface area contributed by atoms with Crippen LogP contribution in [0.5, 0.6) is 0 Å². The Morgan fingerprint density at radius 2 is 1.44 bits per heavy atom. The van der Waals surface area contributed by atoms with Crippen molar-refractivity contribution in [1.29, 1.82) is 0 Å². The summed E-state index contributed by atoms with van der Waals surface area (Å²) in [5, 5.41) is 5.68. The fourth-order valence-corrected chi connectivity index (χ4v) is 2.76. The molecule has 0 fully saturated rings. The number of ketones is 1. The largest absolute Gasteiger partial charge is 1.00 e. The number of Topliss-reactive ketones (excluding diaryl/α,β-unsaturated/α-hetero) is 1. The summed E-state index contributed by atoms with van der Waals surface area (Å²) in [6.07, 6.45) is 3.14. The number of hydrogen-bond donors (Lipinski definition) is 2. The minimum atomic E-state index is -0.567. The molecule has 3 aromatic carbocycles. The maximum atomic E-state index is 12.4. The van der Waals surface area contributed by atoms with Gasteiger partial charge in [0.1, 0.15) is 0 Å². The number of aliphatic imine (C=N–C) groups is 1. The molecule has 0 spiro atoms. The number of allylic oxidation sites excluding steroid dienone is 1. The molecule has 3 rings (SSSR count). The number of rotatable bonds is 8. The second-order valence-electron chi connectivity index (χ2n) is 6.84. The second kappa shape index (κ2) is 16.0. The molecule has 3 aromatic rings. The van der Waals surface area contributed by atoms with Gasteiger partial charge in [0.2, 0.25) is 0 Å². The van der Waals surface area contributed by atoms with Crippen molar-refractivity contribution < 1.29 is 32.0 Å². The predicted molar refractivity (Wildman–Crippen MR) is 135 cm³/mol. The number of nitrogens with zero attached hydrogens (tertiary/aromatic N) is 1. The zero-order valence-corrected chi connectivity index (χ0v) is 20.3. The first-order valence-corrected chi connectivity index (χ1v) is 10.3. The van der Waals surface area contributed by atoms with Gasteiger partial charge in [0.15, 0.2) is 5.78 Å². The molecule has 3 N–H and O–H groups in total. The summed E-state index contributed by atoms with van der Waals surface area (Å²) in [7, 11) is 0. The minimum absolute atomic E-state index is 0. The van der Waals surface area contributed by atoms with E-state index in [1.165, 1.54) is 18.7 Å². The summed E-state index contributed by atoms with van der Waals surface area (Å²) in [5.74, 6) is -1.01. The van der Waals surface area contributed by atoms with Gasteiger partial charge >= 0.3 is 22.4 Å². The van der Waals surface area contributed by atoms with E-state index in [4.69, 9.17) is 5.73 Å². The fourth-order valence-electron chi connectivity index (χ4n) is 2.76. The Balaban J connectivity index is 0.000000380. The average Bonchev–Trinajstić information content (AvgIpc) is 2.84. The van der Waals surface area contributed by atoms with Gasteiger partial charge in [0.05, 0.1) is 11.9 Å². The van der Waals surface area contributed by atoms with Crippen LogP contribution in [0.15, 0.2) is 120 Å². The first-order valence-electron chi connectivity index (χ1n) is 10.3. The smallest absolute Gasteiger partial charge is 0.702 e. The monoisotopic (exact) mass is 546 g/mol. The van der Waals surface area contributed by atoms with E-state index in [1.54, 1.807) is 60.9 Å². The molecule has 0 aromatic heterocycles. The first kappa shape index (κ1) is 28.3. The molecule has 178 valence electrons. The van der Waals surface area contributed by atoms with Crippen LogP contribution in [0.25, 0.3) is 5.73 Å². The van der Waals surface area contributed by atoms with Crippen molar-refractivity contribution in [1.82, 2.24) is 5.32 Å². The molecule has 0 bridgehead atoms. The SMILES string of the molecule is C/C([NH-])=C(/C(=O)Nc1ccccc1)C(=O)c1ccccc1.C=CN=CNCc1ccccc1.[Ag+]. The van der Waals surface area contributed by atoms with Crippen molar-refractivity contribution in [2.45, 2.75) is 13.5 Å². The Kier molecular flexibility index (Phi) is 13.3. The fraction of sp³-hybridized carbons (Fsp3) is 0.0741. The maximum Gasteiger partial charge on any atom is 1.00 e. The van der Waals surface area contributed by atoms with Crippen molar-refractivity contribution in [2.75, 3.05) is 5.32 Å². The van der Waals surface area contributed by atoms with Crippen LogP contribution in [-0.2, 0) is 33.7 Å². The molecular weight excluding hydrogens is 520 g/mol. The van der Waals surface area contributed by atoms with Crippen LogP contribution in [0.3, 0.4) is 0 Å². The number of hydrogen-bond acceptors (Lipinski definition) is 3. The third kappa shape index (κ3) is 9.83. The molecule has 0 aliphatic rings. The Morgan fingerprint density at radius 3 is 1.97 bits per heavy atom. The predicted octanol–water partition coefficient (Wildman–Crippen LogP) is 5.78. The van der Waals surface area contributed by atoms with Crippen LogP contribution in [0.2, 0.25) is 0 Å². The molecule has 0 aliphatic carbocycles. The molecule has 0 aliphatic heterocycles. The number of amides is 1. The van der Waals surface area contributed by atoms with E-state index in [0.717, 1.165) is 6.54 Å². The summed E-state index contributed by atoms with van der Waals surface area (Å²) >= 11 is 0. The Hall–Kier alpha value is -3.71. The zero-order chi connectivity index (χ0) is 23.9. The van der Waals surface area contributed by atoms with E-state index in [1.807, 2.05) is 24.3 Å². The maximum absolute atomic E-state index is 12.4. The zero-order valence-electron chi connectivity index (χ0n) is 18.8. The van der Waals surface area contributed by atoms with Gasteiger partial charge in [-0.15, -0.1) is 0 Å². The van der Waals surface area contributed by atoms with Gasteiger partial charge < -0.3 is 16.4 Å². The average molecular weight is 547 g/mol. The quantitative estimate of drug-likeness (QED) is 0.0712. The number of benzene rings is 3. The van der Waals surface area contributed by atoms with E-state index >= 15 is 0 Å². The van der Waals surface area contributed by atoms with E-state index < -0.39 is 11.7 Å². The molecule has 0 atom stereocenters. The van der Waals surface area contributed by atoms with Gasteiger partial charge in [0.25, 0.3) is 5.91 Å². The molecule has 0 unspecified atom stereocenters. The van der Waals surface area contributed by atoms with E-state index in [2.05, 4.69) is 34.3 Å². The number of anilines is 1. The summed E-state index contributed by atoms with van der Waals surface area (Å²) in [5.41, 5.74) is 9.72. The third-order valence-corrected chi connectivity index (χ3v) is 4.32. The third-order valence-electron chi connectivity index (χ3n) is 4.32. The van der Waals surface area contributed by atoms with Crippen molar-refractivity contribution in [2.24, 2.45) is 4.99 Å². The van der Waals surface area contributed by atoms with Gasteiger partial charge in [-0.3, -0.25) is 9.59 Å². The van der Waals surface area contributed by atoms with Crippen LogP contribution < -0.4 is 10.6 Å². The Labute approximate surface area is 216 Å². The topological polar surface area (TPSA) is 94.4 Å². The van der Waals surface area contributed by atoms with Crippen LogP contribution >= 0.6 is 0 Å². The molecule has 0 radical (unpaired) electrons. The molecule has 0 saturated heterocycles. The molecule has 6 nitrogen and oxygen atoms in total. The Bertz CT molecular complexity index is 1100. The Morgan fingerprint density at radius 1 is 0.912 bits per heavy atom. The molecule has 7 heteroatoms. The summed E-state index contributed by atoms with van der Waals surface area (Å²) < 4.78 is 0. The van der Waals surface area contributed by atoms with Crippen LogP contribution in [0.4, 0.5) is 5.69 Å². The van der Waals surface area contributed by atoms with Gasteiger partial charge in [0, 0.05) is 24.0 Å². The minimum Gasteiger partial charge on any atom is -0.702 e. The molecular formula is C27H27AgN4O2. The van der Waals surface area contributed by atoms with Gasteiger partial charge in [-0.05, 0) is 17.7 Å². The standard InChI is InChI=1S/C17H16N2O2.C10H12N2.Ag/c1-12(18)15(16(20)13-8-4-2-5-9-13)17(21)19-14-10-6-3-7-11-14;1-2-11-9-12-8-10-6-4-3-5-7-10;/h2-11H,1H3,(H3,18,19,20,21);2-7,9H,1,8H2,(H,11,12);/q;;+1/p-1. The second-order valence-corrected chi connectivity index (χ2v) is 6.84. The number of para-hydroxylation sites is 1. The molecule has 0 saturated carbocycles.